The molecule has 1 fully saturated rings. The summed E-state index contributed by atoms with van der Waals surface area (Å²) in [5.74, 6) is 0.868. The first kappa shape index (κ1) is 11.5. The van der Waals surface area contributed by atoms with Gasteiger partial charge in [0.2, 0.25) is 5.91 Å². The van der Waals surface area contributed by atoms with Crippen LogP contribution in [0.15, 0.2) is 0 Å². The molecule has 1 rings (SSSR count). The molecule has 1 aliphatic rings. The first-order valence-electron chi connectivity index (χ1n) is 5.78. The molecule has 0 aromatic heterocycles. The van der Waals surface area contributed by atoms with E-state index in [1.807, 2.05) is 6.92 Å². The summed E-state index contributed by atoms with van der Waals surface area (Å²) in [5.41, 5.74) is 0. The van der Waals surface area contributed by atoms with E-state index in [0.717, 1.165) is 19.5 Å². The Morgan fingerprint density at radius 2 is 2.07 bits per heavy atom. The molecule has 1 aliphatic heterocycles. The van der Waals surface area contributed by atoms with Crippen molar-refractivity contribution in [1.29, 1.82) is 0 Å². The van der Waals surface area contributed by atoms with Gasteiger partial charge in [0.25, 0.3) is 0 Å². The predicted molar refractivity (Wildman–Crippen MR) is 58.1 cm³/mol. The van der Waals surface area contributed by atoms with E-state index in [0.29, 0.717) is 18.4 Å². The molecule has 1 heterocycles. The molecule has 0 radical (unpaired) electrons. The van der Waals surface area contributed by atoms with E-state index in [1.165, 1.54) is 12.8 Å². The van der Waals surface area contributed by atoms with Crippen LogP contribution in [0.25, 0.3) is 0 Å². The summed E-state index contributed by atoms with van der Waals surface area (Å²) < 4.78 is 0. The minimum Gasteiger partial charge on any atom is -0.353 e. The Kier molecular flexibility index (Phi) is 4.94. The topological polar surface area (TPSA) is 41.1 Å². The largest absolute Gasteiger partial charge is 0.353 e. The number of piperidine rings is 1. The second-order valence-corrected chi connectivity index (χ2v) is 4.02. The van der Waals surface area contributed by atoms with E-state index in [-0.39, 0.29) is 5.91 Å². The number of hydrogen-bond acceptors (Lipinski definition) is 2. The van der Waals surface area contributed by atoms with Gasteiger partial charge in [0, 0.05) is 12.5 Å². The molecule has 0 aromatic rings. The molecule has 14 heavy (non-hydrogen) atoms. The van der Waals surface area contributed by atoms with E-state index in [1.54, 1.807) is 0 Å². The Morgan fingerprint density at radius 3 is 2.57 bits per heavy atom. The Labute approximate surface area is 86.6 Å². The molecule has 1 amide bonds. The van der Waals surface area contributed by atoms with E-state index in [9.17, 15) is 4.79 Å². The van der Waals surface area contributed by atoms with Gasteiger partial charge >= 0.3 is 0 Å². The Hall–Kier alpha value is -0.570. The number of rotatable bonds is 4. The third kappa shape index (κ3) is 3.29. The van der Waals surface area contributed by atoms with Gasteiger partial charge in [0.05, 0.1) is 0 Å². The number of hydrogen-bond donors (Lipinski definition) is 2. The van der Waals surface area contributed by atoms with Crippen LogP contribution in [-0.2, 0) is 4.79 Å². The molecular weight excluding hydrogens is 176 g/mol. The van der Waals surface area contributed by atoms with Crippen LogP contribution < -0.4 is 10.6 Å². The summed E-state index contributed by atoms with van der Waals surface area (Å²) in [6.07, 6.45) is 4.04. The summed E-state index contributed by atoms with van der Waals surface area (Å²) in [5, 5.41) is 6.47. The van der Waals surface area contributed by atoms with Crippen LogP contribution in [-0.4, -0.2) is 25.0 Å². The van der Waals surface area contributed by atoms with Crippen LogP contribution in [0, 0.1) is 5.92 Å². The molecule has 1 atom stereocenters. The predicted octanol–water partition coefficient (Wildman–Crippen LogP) is 1.29. The van der Waals surface area contributed by atoms with Gasteiger partial charge in [0.15, 0.2) is 0 Å². The molecule has 0 aliphatic carbocycles. The Morgan fingerprint density at radius 1 is 1.43 bits per heavy atom. The molecule has 0 saturated carbocycles. The van der Waals surface area contributed by atoms with Crippen LogP contribution in [0.4, 0.5) is 0 Å². The van der Waals surface area contributed by atoms with Crippen molar-refractivity contribution in [1.82, 2.24) is 10.6 Å². The second kappa shape index (κ2) is 6.02. The normalized spacial score (nSPS) is 20.4. The summed E-state index contributed by atoms with van der Waals surface area (Å²) in [6, 6.07) is 0.393. The van der Waals surface area contributed by atoms with Crippen molar-refractivity contribution in [2.24, 2.45) is 5.92 Å². The van der Waals surface area contributed by atoms with Crippen molar-refractivity contribution in [3.8, 4) is 0 Å². The van der Waals surface area contributed by atoms with Gasteiger partial charge in [-0.05, 0) is 38.3 Å². The van der Waals surface area contributed by atoms with Crippen LogP contribution in [0.5, 0.6) is 0 Å². The zero-order chi connectivity index (χ0) is 10.4. The molecule has 1 saturated heterocycles. The lowest BCUT2D eigenvalue weighted by molar-refractivity contribution is -0.121. The van der Waals surface area contributed by atoms with E-state index in [2.05, 4.69) is 17.6 Å². The minimum absolute atomic E-state index is 0.190. The maximum absolute atomic E-state index is 11.3. The zero-order valence-electron chi connectivity index (χ0n) is 9.31. The highest BCUT2D eigenvalue weighted by atomic mass is 16.1. The Bertz CT molecular complexity index is 176. The van der Waals surface area contributed by atoms with E-state index >= 15 is 0 Å². The number of carbonyl (C=O) groups excluding carboxylic acids is 1. The highest BCUT2D eigenvalue weighted by molar-refractivity contribution is 5.75. The fraction of sp³-hybridized carbons (Fsp3) is 0.909. The number of amides is 1. The lowest BCUT2D eigenvalue weighted by atomic mass is 9.88. The van der Waals surface area contributed by atoms with Crippen molar-refractivity contribution in [2.45, 2.75) is 45.6 Å². The van der Waals surface area contributed by atoms with Crippen molar-refractivity contribution in [3.63, 3.8) is 0 Å². The highest BCUT2D eigenvalue weighted by Gasteiger charge is 2.22. The first-order chi connectivity index (χ1) is 6.77. The van der Waals surface area contributed by atoms with E-state index < -0.39 is 0 Å². The van der Waals surface area contributed by atoms with Crippen LogP contribution in [0.1, 0.15) is 39.5 Å². The molecule has 3 heteroatoms. The summed E-state index contributed by atoms with van der Waals surface area (Å²) in [7, 11) is 0. The van der Waals surface area contributed by atoms with Crippen LogP contribution in [0.2, 0.25) is 0 Å². The van der Waals surface area contributed by atoms with Gasteiger partial charge in [-0.3, -0.25) is 4.79 Å². The maximum Gasteiger partial charge on any atom is 0.219 e. The van der Waals surface area contributed by atoms with Crippen LogP contribution in [0.3, 0.4) is 0 Å². The first-order valence-corrected chi connectivity index (χ1v) is 5.78. The van der Waals surface area contributed by atoms with Gasteiger partial charge in [0.1, 0.15) is 0 Å². The lowest BCUT2D eigenvalue weighted by Crippen LogP contribution is -2.43. The lowest BCUT2D eigenvalue weighted by Gasteiger charge is -2.30. The highest BCUT2D eigenvalue weighted by Crippen LogP contribution is 2.18. The van der Waals surface area contributed by atoms with Gasteiger partial charge in [-0.15, -0.1) is 0 Å². The maximum atomic E-state index is 11.3. The minimum atomic E-state index is 0.190. The molecule has 1 unspecified atom stereocenters. The molecule has 82 valence electrons. The molecule has 0 spiro atoms. The fourth-order valence-corrected chi connectivity index (χ4v) is 2.11. The third-order valence-electron chi connectivity index (χ3n) is 3.06. The van der Waals surface area contributed by atoms with Gasteiger partial charge in [-0.2, -0.15) is 0 Å². The second-order valence-electron chi connectivity index (χ2n) is 4.02. The number of nitrogens with one attached hydrogen (secondary N) is 2. The Balaban J connectivity index is 2.39. The summed E-state index contributed by atoms with van der Waals surface area (Å²) >= 11 is 0. The van der Waals surface area contributed by atoms with Crippen molar-refractivity contribution >= 4 is 5.91 Å². The molecule has 2 N–H and O–H groups in total. The monoisotopic (exact) mass is 198 g/mol. The van der Waals surface area contributed by atoms with Crippen LogP contribution >= 0.6 is 0 Å². The number of carbonyl (C=O) groups is 1. The third-order valence-corrected chi connectivity index (χ3v) is 3.06. The van der Waals surface area contributed by atoms with Crippen molar-refractivity contribution < 1.29 is 4.79 Å². The standard InChI is InChI=1S/C11H22N2O/c1-3-10(13-11(14)4-2)9-5-7-12-8-6-9/h9-10,12H,3-8H2,1-2H3,(H,13,14). The smallest absolute Gasteiger partial charge is 0.219 e. The molecule has 0 aromatic carbocycles. The van der Waals surface area contributed by atoms with Crippen molar-refractivity contribution in [2.75, 3.05) is 13.1 Å². The average Bonchev–Trinajstić information content (AvgIpc) is 2.26. The average molecular weight is 198 g/mol. The molecular formula is C11H22N2O. The van der Waals surface area contributed by atoms with Gasteiger partial charge < -0.3 is 10.6 Å². The van der Waals surface area contributed by atoms with Gasteiger partial charge in [-0.1, -0.05) is 13.8 Å². The zero-order valence-corrected chi connectivity index (χ0v) is 9.31. The molecule has 0 bridgehead atoms. The van der Waals surface area contributed by atoms with Crippen molar-refractivity contribution in [3.05, 3.63) is 0 Å². The fourth-order valence-electron chi connectivity index (χ4n) is 2.11. The van der Waals surface area contributed by atoms with E-state index in [4.69, 9.17) is 0 Å². The SMILES string of the molecule is CCC(=O)NC(CC)C1CCNCC1. The summed E-state index contributed by atoms with van der Waals surface area (Å²) in [6.45, 7) is 6.26. The van der Waals surface area contributed by atoms with Gasteiger partial charge in [-0.25, -0.2) is 0 Å². The molecule has 3 nitrogen and oxygen atoms in total. The summed E-state index contributed by atoms with van der Waals surface area (Å²) in [4.78, 5) is 11.3. The quantitative estimate of drug-likeness (QED) is 0.714.